The smallest absolute Gasteiger partial charge is 0.0841 e. The summed E-state index contributed by atoms with van der Waals surface area (Å²) in [5, 5.41) is 11.4. The first-order valence-electron chi connectivity index (χ1n) is 4.52. The topological polar surface area (TPSA) is 20.2 Å². The molecule has 14 heavy (non-hydrogen) atoms. The first kappa shape index (κ1) is 12.0. The van der Waals surface area contributed by atoms with Crippen LogP contribution in [0.15, 0.2) is 18.2 Å². The molecule has 0 atom stereocenters. The van der Waals surface area contributed by atoms with Crippen molar-refractivity contribution in [3.05, 3.63) is 34.3 Å². The Kier molecular flexibility index (Phi) is 3.99. The number of halogens is 2. The zero-order valence-electron chi connectivity index (χ0n) is 8.35. The van der Waals surface area contributed by atoms with Gasteiger partial charge in [-0.25, -0.2) is 0 Å². The molecule has 78 valence electrons. The Morgan fingerprint density at radius 2 is 2.07 bits per heavy atom. The number of hydrogen-bond donors (Lipinski definition) is 1. The number of hydrogen-bond acceptors (Lipinski definition) is 1. The van der Waals surface area contributed by atoms with E-state index in [4.69, 9.17) is 11.6 Å². The highest BCUT2D eigenvalue weighted by molar-refractivity contribution is 9.09. The first-order valence-corrected chi connectivity index (χ1v) is 6.02. The maximum atomic E-state index is 9.77. The molecule has 3 heteroatoms. The number of benzene rings is 1. The Morgan fingerprint density at radius 1 is 1.43 bits per heavy atom. The molecule has 1 aromatic rings. The molecule has 0 unspecified atom stereocenters. The molecule has 0 aliphatic rings. The lowest BCUT2D eigenvalue weighted by Gasteiger charge is -2.18. The normalized spacial score (nSPS) is 11.8. The second-order valence-electron chi connectivity index (χ2n) is 3.80. The minimum absolute atomic E-state index is 0.726. The molecule has 0 spiro atoms. The van der Waals surface area contributed by atoms with E-state index in [9.17, 15) is 5.11 Å². The van der Waals surface area contributed by atoms with E-state index in [1.807, 2.05) is 18.2 Å². The van der Waals surface area contributed by atoms with Gasteiger partial charge in [0.1, 0.15) is 0 Å². The van der Waals surface area contributed by atoms with Crippen molar-refractivity contribution in [3.63, 3.8) is 0 Å². The number of alkyl halides is 1. The zero-order valence-corrected chi connectivity index (χ0v) is 10.7. The third kappa shape index (κ3) is 2.97. The van der Waals surface area contributed by atoms with Gasteiger partial charge < -0.3 is 5.11 Å². The fraction of sp³-hybridized carbons (Fsp3) is 0.455. The van der Waals surface area contributed by atoms with Crippen LogP contribution in [0.4, 0.5) is 0 Å². The van der Waals surface area contributed by atoms with E-state index in [0.717, 1.165) is 27.9 Å². The fourth-order valence-corrected chi connectivity index (χ4v) is 1.93. The SMILES string of the molecule is CC(C)(O)c1ccc(CCBr)c(Cl)c1. The van der Waals surface area contributed by atoms with Crippen molar-refractivity contribution >= 4 is 27.5 Å². The van der Waals surface area contributed by atoms with E-state index in [1.165, 1.54) is 0 Å². The third-order valence-corrected chi connectivity index (χ3v) is 2.87. The van der Waals surface area contributed by atoms with Gasteiger partial charge in [0.05, 0.1) is 5.60 Å². The molecule has 0 fully saturated rings. The van der Waals surface area contributed by atoms with Crippen molar-refractivity contribution in [1.29, 1.82) is 0 Å². The molecule has 0 bridgehead atoms. The molecule has 1 rings (SSSR count). The molecule has 0 radical (unpaired) electrons. The van der Waals surface area contributed by atoms with Crippen molar-refractivity contribution in [2.45, 2.75) is 25.9 Å². The van der Waals surface area contributed by atoms with Crippen LogP contribution in [0.1, 0.15) is 25.0 Å². The van der Waals surface area contributed by atoms with E-state index in [1.54, 1.807) is 13.8 Å². The maximum absolute atomic E-state index is 9.77. The molecule has 0 aliphatic heterocycles. The van der Waals surface area contributed by atoms with Gasteiger partial charge in [0.2, 0.25) is 0 Å². The number of aliphatic hydroxyl groups is 1. The summed E-state index contributed by atoms with van der Waals surface area (Å²) in [6.45, 7) is 3.51. The molecular formula is C11H14BrClO. The molecule has 0 aliphatic carbocycles. The number of aryl methyl sites for hydroxylation is 1. The van der Waals surface area contributed by atoms with Gasteiger partial charge >= 0.3 is 0 Å². The standard InChI is InChI=1S/C11H14BrClO/c1-11(2,14)9-4-3-8(5-6-12)10(13)7-9/h3-4,7,14H,5-6H2,1-2H3. The summed E-state index contributed by atoms with van der Waals surface area (Å²) in [7, 11) is 0. The van der Waals surface area contributed by atoms with E-state index >= 15 is 0 Å². The molecule has 0 saturated heterocycles. The summed E-state index contributed by atoms with van der Waals surface area (Å²) in [5.74, 6) is 0. The lowest BCUT2D eigenvalue weighted by Crippen LogP contribution is -2.15. The van der Waals surface area contributed by atoms with Gasteiger partial charge in [0.25, 0.3) is 0 Å². The predicted octanol–water partition coefficient (Wildman–Crippen LogP) is 3.50. The molecule has 0 amide bonds. The van der Waals surface area contributed by atoms with E-state index < -0.39 is 5.60 Å². The summed E-state index contributed by atoms with van der Waals surface area (Å²) in [6, 6.07) is 5.72. The fourth-order valence-electron chi connectivity index (χ4n) is 1.23. The van der Waals surface area contributed by atoms with Crippen LogP contribution in [0.3, 0.4) is 0 Å². The van der Waals surface area contributed by atoms with Crippen LogP contribution >= 0.6 is 27.5 Å². The monoisotopic (exact) mass is 276 g/mol. The molecule has 1 N–H and O–H groups in total. The number of rotatable bonds is 3. The molecule has 0 aromatic heterocycles. The van der Waals surface area contributed by atoms with Gasteiger partial charge in [0.15, 0.2) is 0 Å². The second-order valence-corrected chi connectivity index (χ2v) is 5.00. The third-order valence-electron chi connectivity index (χ3n) is 2.12. The molecule has 0 heterocycles. The van der Waals surface area contributed by atoms with Crippen LogP contribution < -0.4 is 0 Å². The minimum atomic E-state index is -0.823. The summed E-state index contributed by atoms with van der Waals surface area (Å²) in [4.78, 5) is 0. The highest BCUT2D eigenvalue weighted by Gasteiger charge is 2.16. The lowest BCUT2D eigenvalue weighted by molar-refractivity contribution is 0.0786. The quantitative estimate of drug-likeness (QED) is 0.838. The predicted molar refractivity (Wildman–Crippen MR) is 64.2 cm³/mol. The van der Waals surface area contributed by atoms with Crippen LogP contribution in [0.25, 0.3) is 0 Å². The van der Waals surface area contributed by atoms with Crippen LogP contribution in [0.5, 0.6) is 0 Å². The zero-order chi connectivity index (χ0) is 10.8. The van der Waals surface area contributed by atoms with Gasteiger partial charge in [-0.2, -0.15) is 0 Å². The Hall–Kier alpha value is -0.0500. The molecule has 1 aromatic carbocycles. The molecular weight excluding hydrogens is 263 g/mol. The Bertz CT molecular complexity index is 318. The Balaban J connectivity index is 3.01. The summed E-state index contributed by atoms with van der Waals surface area (Å²) < 4.78 is 0. The summed E-state index contributed by atoms with van der Waals surface area (Å²) in [5.41, 5.74) is 1.13. The molecule has 1 nitrogen and oxygen atoms in total. The van der Waals surface area contributed by atoms with Gasteiger partial charge in [-0.15, -0.1) is 0 Å². The highest BCUT2D eigenvalue weighted by Crippen LogP contribution is 2.25. The van der Waals surface area contributed by atoms with Gasteiger partial charge in [-0.3, -0.25) is 0 Å². The average Bonchev–Trinajstić information content (AvgIpc) is 2.07. The van der Waals surface area contributed by atoms with Gasteiger partial charge in [0, 0.05) is 10.4 Å². The summed E-state index contributed by atoms with van der Waals surface area (Å²) in [6.07, 6.45) is 0.908. The van der Waals surface area contributed by atoms with Crippen LogP contribution in [-0.2, 0) is 12.0 Å². The van der Waals surface area contributed by atoms with Crippen molar-refractivity contribution in [2.75, 3.05) is 5.33 Å². The van der Waals surface area contributed by atoms with Gasteiger partial charge in [-0.05, 0) is 37.5 Å². The summed E-state index contributed by atoms with van der Waals surface area (Å²) >= 11 is 9.45. The van der Waals surface area contributed by atoms with E-state index in [0.29, 0.717) is 0 Å². The minimum Gasteiger partial charge on any atom is -0.386 e. The highest BCUT2D eigenvalue weighted by atomic mass is 79.9. The van der Waals surface area contributed by atoms with Crippen LogP contribution in [0, 0.1) is 0 Å². The Labute approximate surface area is 98.2 Å². The first-order chi connectivity index (χ1) is 6.45. The maximum Gasteiger partial charge on any atom is 0.0841 e. The Morgan fingerprint density at radius 3 is 2.50 bits per heavy atom. The van der Waals surface area contributed by atoms with Crippen molar-refractivity contribution < 1.29 is 5.11 Å². The van der Waals surface area contributed by atoms with E-state index in [2.05, 4.69) is 15.9 Å². The molecule has 0 saturated carbocycles. The second kappa shape index (κ2) is 4.65. The lowest BCUT2D eigenvalue weighted by atomic mass is 9.97. The largest absolute Gasteiger partial charge is 0.386 e. The van der Waals surface area contributed by atoms with Crippen molar-refractivity contribution in [1.82, 2.24) is 0 Å². The van der Waals surface area contributed by atoms with Crippen LogP contribution in [-0.4, -0.2) is 10.4 Å². The average molecular weight is 278 g/mol. The van der Waals surface area contributed by atoms with Crippen molar-refractivity contribution in [2.24, 2.45) is 0 Å². The van der Waals surface area contributed by atoms with Crippen molar-refractivity contribution in [3.8, 4) is 0 Å². The van der Waals surface area contributed by atoms with Gasteiger partial charge in [-0.1, -0.05) is 39.7 Å². The van der Waals surface area contributed by atoms with Crippen LogP contribution in [0.2, 0.25) is 5.02 Å². The van der Waals surface area contributed by atoms with E-state index in [-0.39, 0.29) is 0 Å².